The fourth-order valence-corrected chi connectivity index (χ4v) is 5.39. The summed E-state index contributed by atoms with van der Waals surface area (Å²) in [5.74, 6) is -0.142. The third kappa shape index (κ3) is 5.21. The Morgan fingerprint density at radius 3 is 2.50 bits per heavy atom. The number of pyridine rings is 1. The van der Waals surface area contributed by atoms with E-state index in [0.29, 0.717) is 30.9 Å². The normalized spacial score (nSPS) is 14.4. The molecule has 1 fully saturated rings. The van der Waals surface area contributed by atoms with Crippen molar-refractivity contribution in [1.29, 1.82) is 0 Å². The first-order valence-electron chi connectivity index (χ1n) is 11.2. The van der Waals surface area contributed by atoms with Gasteiger partial charge in [0.25, 0.3) is 5.91 Å². The number of carbonyl (C=O) groups is 1. The van der Waals surface area contributed by atoms with Crippen molar-refractivity contribution in [3.05, 3.63) is 42.1 Å². The molecule has 2 heterocycles. The van der Waals surface area contributed by atoms with E-state index in [1.54, 1.807) is 36.5 Å². The van der Waals surface area contributed by atoms with Gasteiger partial charge in [-0.3, -0.25) is 4.79 Å². The van der Waals surface area contributed by atoms with E-state index in [1.807, 2.05) is 20.8 Å². The molecule has 0 spiro atoms. The summed E-state index contributed by atoms with van der Waals surface area (Å²) in [5, 5.41) is 2.93. The lowest BCUT2D eigenvalue weighted by Gasteiger charge is -2.31. The summed E-state index contributed by atoms with van der Waals surface area (Å²) in [6, 6.07) is 8.30. The lowest BCUT2D eigenvalue weighted by Crippen LogP contribution is -2.32. The molecule has 3 rings (SSSR count). The SMILES string of the molecule is CCOc1ncccc1C(=O)Nc1cc(S(=O)(=O)N(CC)CC)ccc1N1CCCCC1. The minimum Gasteiger partial charge on any atom is -0.477 e. The fourth-order valence-electron chi connectivity index (χ4n) is 3.90. The van der Waals surface area contributed by atoms with Gasteiger partial charge in [0.2, 0.25) is 15.9 Å². The Balaban J connectivity index is 2.02. The van der Waals surface area contributed by atoms with Crippen LogP contribution in [-0.2, 0) is 10.0 Å². The maximum Gasteiger partial charge on any atom is 0.261 e. The van der Waals surface area contributed by atoms with Gasteiger partial charge in [-0.1, -0.05) is 13.8 Å². The van der Waals surface area contributed by atoms with Crippen LogP contribution in [-0.4, -0.2) is 56.4 Å². The molecule has 1 aromatic heterocycles. The van der Waals surface area contributed by atoms with E-state index in [9.17, 15) is 13.2 Å². The Hall–Kier alpha value is -2.65. The van der Waals surface area contributed by atoms with E-state index in [0.717, 1.165) is 31.6 Å². The van der Waals surface area contributed by atoms with Gasteiger partial charge in [0.15, 0.2) is 0 Å². The van der Waals surface area contributed by atoms with Gasteiger partial charge in [-0.2, -0.15) is 4.31 Å². The molecule has 9 heteroatoms. The molecule has 1 aromatic carbocycles. The van der Waals surface area contributed by atoms with Gasteiger partial charge in [0.05, 0.1) is 22.9 Å². The summed E-state index contributed by atoms with van der Waals surface area (Å²) in [7, 11) is -3.66. The van der Waals surface area contributed by atoms with Crippen molar-refractivity contribution in [2.24, 2.45) is 0 Å². The number of rotatable bonds is 9. The predicted molar refractivity (Wildman–Crippen MR) is 126 cm³/mol. The molecule has 0 aliphatic carbocycles. The molecule has 0 bridgehead atoms. The number of sulfonamides is 1. The van der Waals surface area contributed by atoms with E-state index in [1.165, 1.54) is 10.7 Å². The maximum atomic E-state index is 13.1. The van der Waals surface area contributed by atoms with E-state index in [4.69, 9.17) is 4.74 Å². The maximum absolute atomic E-state index is 13.1. The molecule has 1 aliphatic heterocycles. The quantitative estimate of drug-likeness (QED) is 0.613. The summed E-state index contributed by atoms with van der Waals surface area (Å²) >= 11 is 0. The van der Waals surface area contributed by atoms with Crippen LogP contribution in [0.25, 0.3) is 0 Å². The summed E-state index contributed by atoms with van der Waals surface area (Å²) in [6.45, 7) is 8.31. The van der Waals surface area contributed by atoms with Crippen LogP contribution in [0.3, 0.4) is 0 Å². The number of hydrogen-bond donors (Lipinski definition) is 1. The molecule has 2 aromatic rings. The molecule has 0 unspecified atom stereocenters. The van der Waals surface area contributed by atoms with Crippen molar-refractivity contribution in [3.63, 3.8) is 0 Å². The lowest BCUT2D eigenvalue weighted by molar-refractivity contribution is 0.102. The van der Waals surface area contributed by atoms with Gasteiger partial charge in [0.1, 0.15) is 5.56 Å². The number of ether oxygens (including phenoxy) is 1. The Morgan fingerprint density at radius 1 is 1.12 bits per heavy atom. The zero-order chi connectivity index (χ0) is 23.1. The van der Waals surface area contributed by atoms with Crippen LogP contribution in [0.1, 0.15) is 50.4 Å². The molecule has 1 N–H and O–H groups in total. The highest BCUT2D eigenvalue weighted by molar-refractivity contribution is 7.89. The highest BCUT2D eigenvalue weighted by Crippen LogP contribution is 2.33. The molecule has 174 valence electrons. The molecule has 0 radical (unpaired) electrons. The van der Waals surface area contributed by atoms with Gasteiger partial charge in [0, 0.05) is 32.4 Å². The lowest BCUT2D eigenvalue weighted by atomic mass is 10.1. The van der Waals surface area contributed by atoms with Crippen LogP contribution in [0.2, 0.25) is 0 Å². The number of amides is 1. The first-order chi connectivity index (χ1) is 15.4. The first kappa shape index (κ1) is 24.0. The molecule has 1 aliphatic rings. The predicted octanol–water partition coefficient (Wildman–Crippen LogP) is 3.75. The number of hydrogen-bond acceptors (Lipinski definition) is 6. The Labute approximate surface area is 190 Å². The van der Waals surface area contributed by atoms with E-state index >= 15 is 0 Å². The Morgan fingerprint density at radius 2 is 1.84 bits per heavy atom. The van der Waals surface area contributed by atoms with Gasteiger partial charge in [-0.25, -0.2) is 13.4 Å². The molecule has 0 atom stereocenters. The number of aromatic nitrogens is 1. The number of nitrogens with one attached hydrogen (secondary N) is 1. The molecule has 8 nitrogen and oxygen atoms in total. The van der Waals surface area contributed by atoms with Crippen molar-refractivity contribution in [2.45, 2.75) is 44.9 Å². The second-order valence-electron chi connectivity index (χ2n) is 7.56. The standard InChI is InChI=1S/C23H32N4O4S/c1-4-27(5-2)32(29,30)18-12-13-21(26-15-8-7-9-16-26)20(17-18)25-22(28)19-11-10-14-24-23(19)31-6-3/h10-14,17H,4-9,15-16H2,1-3H3,(H,25,28). The van der Waals surface area contributed by atoms with Crippen LogP contribution >= 0.6 is 0 Å². The second-order valence-corrected chi connectivity index (χ2v) is 9.50. The van der Waals surface area contributed by atoms with Crippen LogP contribution < -0.4 is 15.0 Å². The molecule has 0 saturated carbocycles. The average molecular weight is 461 g/mol. The van der Waals surface area contributed by atoms with Crippen molar-refractivity contribution >= 4 is 27.3 Å². The van der Waals surface area contributed by atoms with E-state index in [-0.39, 0.29) is 10.8 Å². The second kappa shape index (κ2) is 10.8. The largest absolute Gasteiger partial charge is 0.477 e. The van der Waals surface area contributed by atoms with E-state index < -0.39 is 15.9 Å². The average Bonchev–Trinajstić information content (AvgIpc) is 2.81. The van der Waals surface area contributed by atoms with Crippen LogP contribution in [0.5, 0.6) is 5.88 Å². The minimum absolute atomic E-state index is 0.161. The van der Waals surface area contributed by atoms with E-state index in [2.05, 4.69) is 15.2 Å². The number of anilines is 2. The van der Waals surface area contributed by atoms with Crippen molar-refractivity contribution < 1.29 is 17.9 Å². The summed E-state index contributed by atoms with van der Waals surface area (Å²) in [6.07, 6.45) is 4.85. The number of benzene rings is 1. The number of nitrogens with zero attached hydrogens (tertiary/aromatic N) is 3. The highest BCUT2D eigenvalue weighted by Gasteiger charge is 2.25. The molecule has 1 saturated heterocycles. The van der Waals surface area contributed by atoms with Crippen LogP contribution in [0, 0.1) is 0 Å². The third-order valence-corrected chi connectivity index (χ3v) is 7.60. The fraction of sp³-hybridized carbons (Fsp3) is 0.478. The van der Waals surface area contributed by atoms with Crippen LogP contribution in [0.4, 0.5) is 11.4 Å². The summed E-state index contributed by atoms with van der Waals surface area (Å²) < 4.78 is 33.1. The van der Waals surface area contributed by atoms with Gasteiger partial charge < -0.3 is 15.0 Å². The highest BCUT2D eigenvalue weighted by atomic mass is 32.2. The topological polar surface area (TPSA) is 91.8 Å². The minimum atomic E-state index is -3.66. The zero-order valence-corrected chi connectivity index (χ0v) is 19.8. The molecular weight excluding hydrogens is 428 g/mol. The zero-order valence-electron chi connectivity index (χ0n) is 19.0. The Kier molecular flexibility index (Phi) is 8.09. The molecular formula is C23H32N4O4S. The van der Waals surface area contributed by atoms with Crippen molar-refractivity contribution in [3.8, 4) is 5.88 Å². The molecule has 1 amide bonds. The molecule has 32 heavy (non-hydrogen) atoms. The monoisotopic (exact) mass is 460 g/mol. The van der Waals surface area contributed by atoms with Crippen molar-refractivity contribution in [2.75, 3.05) is 43.0 Å². The summed E-state index contributed by atoms with van der Waals surface area (Å²) in [4.78, 5) is 19.6. The first-order valence-corrected chi connectivity index (χ1v) is 12.6. The summed E-state index contributed by atoms with van der Waals surface area (Å²) in [5.41, 5.74) is 1.59. The van der Waals surface area contributed by atoms with Gasteiger partial charge in [-0.15, -0.1) is 0 Å². The van der Waals surface area contributed by atoms with Crippen LogP contribution in [0.15, 0.2) is 41.4 Å². The Bertz CT molecular complexity index is 1030. The van der Waals surface area contributed by atoms with Gasteiger partial charge in [-0.05, 0) is 56.5 Å². The number of piperidine rings is 1. The number of carbonyl (C=O) groups excluding carboxylic acids is 1. The third-order valence-electron chi connectivity index (χ3n) is 5.55. The smallest absolute Gasteiger partial charge is 0.261 e. The van der Waals surface area contributed by atoms with Crippen molar-refractivity contribution in [1.82, 2.24) is 9.29 Å². The van der Waals surface area contributed by atoms with Gasteiger partial charge >= 0.3 is 0 Å².